The van der Waals surface area contributed by atoms with Crippen molar-refractivity contribution in [3.63, 3.8) is 0 Å². The van der Waals surface area contributed by atoms with E-state index in [1.165, 1.54) is 6.07 Å². The summed E-state index contributed by atoms with van der Waals surface area (Å²) in [4.78, 5) is 46.2. The van der Waals surface area contributed by atoms with Gasteiger partial charge in [0, 0.05) is 17.0 Å². The van der Waals surface area contributed by atoms with E-state index in [0.29, 0.717) is 0 Å². The van der Waals surface area contributed by atoms with Gasteiger partial charge in [-0.05, 0) is 13.0 Å². The van der Waals surface area contributed by atoms with Crippen molar-refractivity contribution in [3.05, 3.63) is 49.3 Å². The lowest BCUT2D eigenvalue weighted by molar-refractivity contribution is -0.117. The predicted octanol–water partition coefficient (Wildman–Crippen LogP) is 0.243. The number of hydrogen-bond acceptors (Lipinski definition) is 5. The normalized spacial score (nSPS) is 10.3. The van der Waals surface area contributed by atoms with Crippen molar-refractivity contribution in [2.75, 3.05) is 5.32 Å². The van der Waals surface area contributed by atoms with Crippen LogP contribution in [-0.2, 0) is 11.3 Å². The Balaban J connectivity index is 2.19. The number of thiophene rings is 1. The van der Waals surface area contributed by atoms with Crippen LogP contribution < -0.4 is 16.4 Å². The van der Waals surface area contributed by atoms with Gasteiger partial charge in [-0.25, -0.2) is 9.48 Å². The maximum Gasteiger partial charge on any atom is 0.338 e. The van der Waals surface area contributed by atoms with Gasteiger partial charge in [0.05, 0.1) is 5.56 Å². The van der Waals surface area contributed by atoms with E-state index in [9.17, 15) is 19.2 Å². The highest BCUT2D eigenvalue weighted by molar-refractivity contribution is 7.16. The zero-order valence-electron chi connectivity index (χ0n) is 10.9. The molecular formula is C12H11N3O5S. The number of aromatic carboxylic acids is 1. The van der Waals surface area contributed by atoms with Crippen molar-refractivity contribution in [3.8, 4) is 0 Å². The van der Waals surface area contributed by atoms with Gasteiger partial charge >= 0.3 is 5.97 Å². The van der Waals surface area contributed by atoms with Crippen LogP contribution in [0.25, 0.3) is 0 Å². The molecule has 0 fully saturated rings. The zero-order chi connectivity index (χ0) is 15.6. The molecule has 0 aromatic carbocycles. The summed E-state index contributed by atoms with van der Waals surface area (Å²) in [6.07, 6.45) is 0. The maximum atomic E-state index is 11.9. The molecule has 3 N–H and O–H groups in total. The average molecular weight is 309 g/mol. The van der Waals surface area contributed by atoms with Gasteiger partial charge in [-0.1, -0.05) is 0 Å². The van der Waals surface area contributed by atoms with Crippen molar-refractivity contribution in [1.82, 2.24) is 9.78 Å². The largest absolute Gasteiger partial charge is 0.478 e. The van der Waals surface area contributed by atoms with Crippen molar-refractivity contribution < 1.29 is 14.7 Å². The number of nitrogens with zero attached hydrogens (tertiary/aromatic N) is 1. The number of anilines is 1. The third kappa shape index (κ3) is 3.45. The van der Waals surface area contributed by atoms with Crippen LogP contribution in [0.4, 0.5) is 5.00 Å². The number of nitrogens with one attached hydrogen (secondary N) is 2. The zero-order valence-corrected chi connectivity index (χ0v) is 11.7. The van der Waals surface area contributed by atoms with Gasteiger partial charge in [-0.15, -0.1) is 11.3 Å². The number of aromatic nitrogens is 2. The molecule has 0 atom stereocenters. The minimum atomic E-state index is -1.15. The molecule has 0 bridgehead atoms. The first-order valence-electron chi connectivity index (χ1n) is 5.80. The summed E-state index contributed by atoms with van der Waals surface area (Å²) >= 11 is 1.12. The Kier molecular flexibility index (Phi) is 4.03. The van der Waals surface area contributed by atoms with Crippen molar-refractivity contribution in [2.24, 2.45) is 0 Å². The van der Waals surface area contributed by atoms with Crippen LogP contribution in [0, 0.1) is 6.92 Å². The number of carboxylic acid groups (broad SMARTS) is 1. The number of carbonyl (C=O) groups excluding carboxylic acids is 1. The number of carboxylic acids is 1. The van der Waals surface area contributed by atoms with Crippen LogP contribution in [0.1, 0.15) is 15.2 Å². The molecule has 0 radical (unpaired) electrons. The third-order valence-corrected chi connectivity index (χ3v) is 3.49. The molecule has 1 amide bonds. The molecule has 0 aliphatic rings. The van der Waals surface area contributed by atoms with Gasteiger partial charge in [0.2, 0.25) is 5.91 Å². The molecule has 0 saturated heterocycles. The van der Waals surface area contributed by atoms with Crippen molar-refractivity contribution in [1.29, 1.82) is 0 Å². The summed E-state index contributed by atoms with van der Waals surface area (Å²) in [6, 6.07) is 3.55. The molecule has 21 heavy (non-hydrogen) atoms. The highest BCUT2D eigenvalue weighted by Crippen LogP contribution is 2.27. The average Bonchev–Trinajstić information content (AvgIpc) is 2.75. The van der Waals surface area contributed by atoms with E-state index in [0.717, 1.165) is 33.0 Å². The predicted molar refractivity (Wildman–Crippen MR) is 76.0 cm³/mol. The Morgan fingerprint density at radius 1 is 1.38 bits per heavy atom. The van der Waals surface area contributed by atoms with Gasteiger partial charge in [0.25, 0.3) is 11.1 Å². The standard InChI is InChI=1S/C12H11N3O5S/c1-6-4-7(12(19)20)11(21-6)13-9(17)5-15-10(18)3-2-8(16)14-15/h2-4H,5H2,1H3,(H,13,17)(H,14,16)(H,19,20). The number of aryl methyl sites for hydroxylation is 1. The first kappa shape index (κ1) is 14.7. The van der Waals surface area contributed by atoms with E-state index in [1.54, 1.807) is 6.92 Å². The summed E-state index contributed by atoms with van der Waals surface area (Å²) in [5.74, 6) is -1.76. The van der Waals surface area contributed by atoms with Crippen molar-refractivity contribution >= 4 is 28.2 Å². The number of hydrogen-bond donors (Lipinski definition) is 3. The molecule has 0 aliphatic carbocycles. The molecule has 2 heterocycles. The Hall–Kier alpha value is -2.68. The Labute approximate surface area is 121 Å². The lowest BCUT2D eigenvalue weighted by Gasteiger charge is -2.06. The van der Waals surface area contributed by atoms with Gasteiger partial charge in [0.15, 0.2) is 0 Å². The smallest absolute Gasteiger partial charge is 0.338 e. The maximum absolute atomic E-state index is 11.9. The fourth-order valence-corrected chi connectivity index (χ4v) is 2.58. The van der Waals surface area contributed by atoms with Crippen LogP contribution in [0.3, 0.4) is 0 Å². The monoisotopic (exact) mass is 309 g/mol. The molecule has 110 valence electrons. The molecule has 0 spiro atoms. The lowest BCUT2D eigenvalue weighted by Crippen LogP contribution is -2.32. The fraction of sp³-hybridized carbons (Fsp3) is 0.167. The molecule has 2 aromatic heterocycles. The van der Waals surface area contributed by atoms with Crippen LogP contribution in [0.2, 0.25) is 0 Å². The van der Waals surface area contributed by atoms with E-state index in [2.05, 4.69) is 10.4 Å². The number of rotatable bonds is 4. The fourth-order valence-electron chi connectivity index (χ4n) is 1.66. The molecular weight excluding hydrogens is 298 g/mol. The Morgan fingerprint density at radius 3 is 2.76 bits per heavy atom. The molecule has 9 heteroatoms. The van der Waals surface area contributed by atoms with E-state index < -0.39 is 29.5 Å². The number of H-pyrrole nitrogens is 1. The molecule has 0 aliphatic heterocycles. The molecule has 0 saturated carbocycles. The quantitative estimate of drug-likeness (QED) is 0.747. The summed E-state index contributed by atoms with van der Waals surface area (Å²) in [7, 11) is 0. The molecule has 8 nitrogen and oxygen atoms in total. The molecule has 2 rings (SSSR count). The second kappa shape index (κ2) is 5.75. The van der Waals surface area contributed by atoms with Gasteiger partial charge in [-0.3, -0.25) is 19.5 Å². The number of aromatic amines is 1. The van der Waals surface area contributed by atoms with Crippen LogP contribution in [-0.4, -0.2) is 26.8 Å². The minimum absolute atomic E-state index is 0.0141. The first-order valence-corrected chi connectivity index (χ1v) is 6.62. The van der Waals surface area contributed by atoms with E-state index in [1.807, 2.05) is 0 Å². The third-order valence-electron chi connectivity index (χ3n) is 2.53. The summed E-state index contributed by atoms with van der Waals surface area (Å²) < 4.78 is 0.846. The van der Waals surface area contributed by atoms with Gasteiger partial charge < -0.3 is 10.4 Å². The van der Waals surface area contributed by atoms with Gasteiger partial charge in [0.1, 0.15) is 11.5 Å². The summed E-state index contributed by atoms with van der Waals surface area (Å²) in [6.45, 7) is 1.30. The van der Waals surface area contributed by atoms with Crippen LogP contribution in [0.5, 0.6) is 0 Å². The topological polar surface area (TPSA) is 121 Å². The Morgan fingerprint density at radius 2 is 2.10 bits per heavy atom. The first-order chi connectivity index (χ1) is 9.86. The highest BCUT2D eigenvalue weighted by Gasteiger charge is 2.16. The Bertz CT molecular complexity index is 817. The lowest BCUT2D eigenvalue weighted by atomic mass is 10.3. The molecule has 0 unspecified atom stereocenters. The van der Waals surface area contributed by atoms with Crippen LogP contribution in [0.15, 0.2) is 27.8 Å². The second-order valence-corrected chi connectivity index (χ2v) is 5.44. The number of carbonyl (C=O) groups is 2. The highest BCUT2D eigenvalue weighted by atomic mass is 32.1. The van der Waals surface area contributed by atoms with Gasteiger partial charge in [-0.2, -0.15) is 0 Å². The van der Waals surface area contributed by atoms with E-state index in [4.69, 9.17) is 5.11 Å². The second-order valence-electron chi connectivity index (χ2n) is 4.19. The van der Waals surface area contributed by atoms with E-state index in [-0.39, 0.29) is 10.6 Å². The molecule has 2 aromatic rings. The summed E-state index contributed by atoms with van der Waals surface area (Å²) in [5.41, 5.74) is -1.06. The van der Waals surface area contributed by atoms with E-state index >= 15 is 0 Å². The van der Waals surface area contributed by atoms with Crippen molar-refractivity contribution in [2.45, 2.75) is 13.5 Å². The SMILES string of the molecule is Cc1cc(C(=O)O)c(NC(=O)Cn2[nH]c(=O)ccc2=O)s1. The summed E-state index contributed by atoms with van der Waals surface area (Å²) in [5, 5.41) is 13.8. The number of amides is 1. The minimum Gasteiger partial charge on any atom is -0.478 e. The van der Waals surface area contributed by atoms with Crippen LogP contribution >= 0.6 is 11.3 Å².